The second-order valence-corrected chi connectivity index (χ2v) is 9.06. The summed E-state index contributed by atoms with van der Waals surface area (Å²) in [5.74, 6) is -3.37. The number of aliphatic carboxylic acids is 1. The number of hydrogen-bond donors (Lipinski definition) is 5. The lowest BCUT2D eigenvalue weighted by molar-refractivity contribution is -0.192. The summed E-state index contributed by atoms with van der Waals surface area (Å²) in [4.78, 5) is 42.4. The molecule has 0 fully saturated rings. The first-order valence-electron chi connectivity index (χ1n) is 10.6. The summed E-state index contributed by atoms with van der Waals surface area (Å²) in [6, 6.07) is 11.6. The largest absolute Gasteiger partial charge is 0.490 e. The number of aliphatic imine (C=N–C) groups is 1. The number of carboxylic acids is 1. The van der Waals surface area contributed by atoms with Crippen molar-refractivity contribution in [1.29, 1.82) is 0 Å². The summed E-state index contributed by atoms with van der Waals surface area (Å²) < 4.78 is 60.1. The summed E-state index contributed by atoms with van der Waals surface area (Å²) in [5.41, 5.74) is 8.12. The molecule has 0 aliphatic rings. The van der Waals surface area contributed by atoms with Crippen molar-refractivity contribution in [2.24, 2.45) is 10.7 Å². The second kappa shape index (κ2) is 14.6. The third-order valence-electron chi connectivity index (χ3n) is 4.35. The van der Waals surface area contributed by atoms with E-state index in [4.69, 9.17) is 20.5 Å². The molecule has 0 spiro atoms. The SMILES string of the molecule is CN=C(N)NOCCNC(=O)Cn1c(C)ccc(NS(=O)(=O)Cc2ccccc2)c1=O.O=C(O)C(F)(F)F. The Morgan fingerprint density at radius 1 is 1.16 bits per heavy atom. The molecule has 1 amide bonds. The van der Waals surface area contributed by atoms with Crippen LogP contribution in [0.1, 0.15) is 11.3 Å². The summed E-state index contributed by atoms with van der Waals surface area (Å²) in [6.07, 6.45) is -5.08. The molecule has 17 heteroatoms. The van der Waals surface area contributed by atoms with E-state index in [1.807, 2.05) is 0 Å². The Bertz CT molecular complexity index is 1280. The zero-order chi connectivity index (χ0) is 28.9. The maximum atomic E-state index is 12.7. The molecule has 0 aliphatic heterocycles. The van der Waals surface area contributed by atoms with Gasteiger partial charge in [0.15, 0.2) is 0 Å². The van der Waals surface area contributed by atoms with Crippen molar-refractivity contribution in [3.8, 4) is 0 Å². The predicted octanol–water partition coefficient (Wildman–Crippen LogP) is 0.314. The number of alkyl halides is 3. The number of carbonyl (C=O) groups excluding carboxylic acids is 1. The number of rotatable bonds is 10. The molecular formula is C21H27F3N6O7S. The number of nitrogens with one attached hydrogen (secondary N) is 3. The zero-order valence-electron chi connectivity index (χ0n) is 20.3. The molecule has 0 atom stereocenters. The summed E-state index contributed by atoms with van der Waals surface area (Å²) in [6.45, 7) is 1.66. The number of nitrogens with zero attached hydrogens (tertiary/aromatic N) is 2. The van der Waals surface area contributed by atoms with Gasteiger partial charge in [0.05, 0.1) is 12.4 Å². The van der Waals surface area contributed by atoms with Crippen LogP contribution in [0.25, 0.3) is 0 Å². The smallest absolute Gasteiger partial charge is 0.475 e. The van der Waals surface area contributed by atoms with Crippen molar-refractivity contribution >= 4 is 33.5 Å². The number of halogens is 3. The van der Waals surface area contributed by atoms with Crippen molar-refractivity contribution in [3.63, 3.8) is 0 Å². The Balaban J connectivity index is 0.000000905. The van der Waals surface area contributed by atoms with Gasteiger partial charge in [0.2, 0.25) is 21.9 Å². The Kier molecular flexibility index (Phi) is 12.2. The molecule has 0 saturated carbocycles. The lowest BCUT2D eigenvalue weighted by Crippen LogP contribution is -2.38. The van der Waals surface area contributed by atoms with Crippen LogP contribution in [-0.4, -0.2) is 62.3 Å². The number of carbonyl (C=O) groups is 2. The molecule has 0 aliphatic carbocycles. The lowest BCUT2D eigenvalue weighted by Gasteiger charge is -2.14. The van der Waals surface area contributed by atoms with Gasteiger partial charge in [0, 0.05) is 19.3 Å². The van der Waals surface area contributed by atoms with E-state index in [1.165, 1.54) is 17.7 Å². The Hall–Kier alpha value is -4.12. The standard InChI is InChI=1S/C19H26N6O5S.C2HF3O2/c1-14-8-9-16(24-31(28,29)13-15-6-4-3-5-7-15)18(27)25(14)12-17(26)22-10-11-30-23-19(20)21-2;3-2(4,5)1(6)7/h3-9,24H,10-13H2,1-2H3,(H,22,26)(H3,20,21,23);(H,6,7). The maximum Gasteiger partial charge on any atom is 0.490 e. The minimum atomic E-state index is -5.08. The molecule has 38 heavy (non-hydrogen) atoms. The van der Waals surface area contributed by atoms with E-state index in [9.17, 15) is 31.2 Å². The highest BCUT2D eigenvalue weighted by Gasteiger charge is 2.38. The fourth-order valence-electron chi connectivity index (χ4n) is 2.55. The van der Waals surface area contributed by atoms with Crippen LogP contribution in [-0.2, 0) is 36.7 Å². The molecule has 0 bridgehead atoms. The highest BCUT2D eigenvalue weighted by Crippen LogP contribution is 2.13. The molecule has 0 radical (unpaired) electrons. The third kappa shape index (κ3) is 11.7. The average Bonchev–Trinajstić information content (AvgIpc) is 2.83. The normalized spacial score (nSPS) is 11.7. The fourth-order valence-corrected chi connectivity index (χ4v) is 3.75. The van der Waals surface area contributed by atoms with E-state index in [0.717, 1.165) is 0 Å². The van der Waals surface area contributed by atoms with Gasteiger partial charge < -0.3 is 20.7 Å². The fraction of sp³-hybridized carbons (Fsp3) is 0.333. The van der Waals surface area contributed by atoms with Gasteiger partial charge in [-0.2, -0.15) is 13.2 Å². The van der Waals surface area contributed by atoms with Crippen LogP contribution in [0.2, 0.25) is 0 Å². The molecular weight excluding hydrogens is 537 g/mol. The summed E-state index contributed by atoms with van der Waals surface area (Å²) >= 11 is 0. The van der Waals surface area contributed by atoms with Crippen molar-refractivity contribution in [2.45, 2.75) is 25.4 Å². The molecule has 0 unspecified atom stereocenters. The number of amides is 1. The third-order valence-corrected chi connectivity index (χ3v) is 5.59. The van der Waals surface area contributed by atoms with Crippen LogP contribution in [0.4, 0.5) is 18.9 Å². The number of nitrogens with two attached hydrogens (primary N) is 1. The van der Waals surface area contributed by atoms with E-state index in [0.29, 0.717) is 11.3 Å². The topological polar surface area (TPSA) is 194 Å². The second-order valence-electron chi connectivity index (χ2n) is 7.34. The Morgan fingerprint density at radius 2 is 1.76 bits per heavy atom. The molecule has 13 nitrogen and oxygen atoms in total. The van der Waals surface area contributed by atoms with E-state index < -0.39 is 33.6 Å². The van der Waals surface area contributed by atoms with Crippen molar-refractivity contribution in [2.75, 3.05) is 24.9 Å². The minimum Gasteiger partial charge on any atom is -0.475 e. The van der Waals surface area contributed by atoms with Crippen LogP contribution < -0.4 is 26.8 Å². The number of hydrogen-bond acceptors (Lipinski definition) is 7. The number of anilines is 1. The number of aryl methyl sites for hydroxylation is 1. The Morgan fingerprint density at radius 3 is 2.32 bits per heavy atom. The van der Waals surface area contributed by atoms with Crippen LogP contribution in [0.15, 0.2) is 52.3 Å². The molecule has 1 heterocycles. The van der Waals surface area contributed by atoms with E-state index in [2.05, 4.69) is 20.5 Å². The molecule has 2 rings (SSSR count). The number of guanidine groups is 1. The number of pyridine rings is 1. The van der Waals surface area contributed by atoms with Gasteiger partial charge in [-0.15, -0.1) is 0 Å². The molecule has 0 saturated heterocycles. The van der Waals surface area contributed by atoms with Crippen LogP contribution in [0.3, 0.4) is 0 Å². The van der Waals surface area contributed by atoms with Gasteiger partial charge >= 0.3 is 12.1 Å². The Labute approximate surface area is 215 Å². The van der Waals surface area contributed by atoms with Crippen molar-refractivity contribution in [1.82, 2.24) is 15.4 Å². The monoisotopic (exact) mass is 564 g/mol. The lowest BCUT2D eigenvalue weighted by atomic mass is 10.2. The van der Waals surface area contributed by atoms with E-state index >= 15 is 0 Å². The van der Waals surface area contributed by atoms with E-state index in [-0.39, 0.29) is 37.1 Å². The molecule has 1 aromatic heterocycles. The zero-order valence-corrected chi connectivity index (χ0v) is 21.1. The molecule has 2 aromatic rings. The number of sulfonamides is 1. The van der Waals surface area contributed by atoms with Gasteiger partial charge in [-0.3, -0.25) is 24.1 Å². The first kappa shape index (κ1) is 31.9. The highest BCUT2D eigenvalue weighted by molar-refractivity contribution is 7.91. The van der Waals surface area contributed by atoms with Gasteiger partial charge in [0.1, 0.15) is 12.2 Å². The first-order chi connectivity index (χ1) is 17.7. The maximum absolute atomic E-state index is 12.7. The van der Waals surface area contributed by atoms with Crippen LogP contribution in [0, 0.1) is 6.92 Å². The number of aromatic nitrogens is 1. The van der Waals surface area contributed by atoms with Crippen molar-refractivity contribution in [3.05, 3.63) is 64.1 Å². The molecule has 6 N–H and O–H groups in total. The molecule has 210 valence electrons. The van der Waals surface area contributed by atoms with Crippen molar-refractivity contribution < 1.29 is 41.1 Å². The van der Waals surface area contributed by atoms with Gasteiger partial charge in [0.25, 0.3) is 5.56 Å². The van der Waals surface area contributed by atoms with Crippen LogP contribution in [0.5, 0.6) is 0 Å². The summed E-state index contributed by atoms with van der Waals surface area (Å²) in [5, 5.41) is 9.72. The van der Waals surface area contributed by atoms with Gasteiger partial charge in [-0.25, -0.2) is 18.7 Å². The van der Waals surface area contributed by atoms with Gasteiger partial charge in [-0.05, 0) is 24.6 Å². The van der Waals surface area contributed by atoms with E-state index in [1.54, 1.807) is 43.3 Å². The first-order valence-corrected chi connectivity index (χ1v) is 12.2. The quantitative estimate of drug-likeness (QED) is 0.117. The predicted molar refractivity (Wildman–Crippen MR) is 131 cm³/mol. The van der Waals surface area contributed by atoms with Crippen LogP contribution >= 0.6 is 0 Å². The minimum absolute atomic E-state index is 0.0973. The summed E-state index contributed by atoms with van der Waals surface area (Å²) in [7, 11) is -2.32. The molecule has 1 aromatic carbocycles. The number of carboxylic acid groups (broad SMARTS) is 1. The number of benzene rings is 1. The highest BCUT2D eigenvalue weighted by atomic mass is 32.2. The number of hydroxylamine groups is 1. The van der Waals surface area contributed by atoms with Gasteiger partial charge in [-0.1, -0.05) is 30.3 Å². The average molecular weight is 565 g/mol.